The van der Waals surface area contributed by atoms with Gasteiger partial charge < -0.3 is 18.8 Å². The zero-order chi connectivity index (χ0) is 24.2. The second-order valence-electron chi connectivity index (χ2n) is 9.47. The van der Waals surface area contributed by atoms with Gasteiger partial charge in [-0.2, -0.15) is 0 Å². The van der Waals surface area contributed by atoms with Gasteiger partial charge in [-0.3, -0.25) is 9.69 Å². The summed E-state index contributed by atoms with van der Waals surface area (Å²) < 4.78 is 17.0. The Labute approximate surface area is 205 Å². The Kier molecular flexibility index (Phi) is 7.16. The molecule has 1 aromatic heterocycles. The van der Waals surface area contributed by atoms with E-state index in [0.717, 1.165) is 75.1 Å². The quantitative estimate of drug-likeness (QED) is 0.501. The van der Waals surface area contributed by atoms with Crippen LogP contribution in [0.25, 0.3) is 11.0 Å². The number of hydrogen-bond acceptors (Lipinski definition) is 6. The van der Waals surface area contributed by atoms with Crippen molar-refractivity contribution in [3.05, 3.63) is 75.6 Å². The maximum atomic E-state index is 13.1. The van der Waals surface area contributed by atoms with Gasteiger partial charge in [0.15, 0.2) is 0 Å². The predicted molar refractivity (Wildman–Crippen MR) is 134 cm³/mol. The van der Waals surface area contributed by atoms with Crippen LogP contribution in [0.4, 0.5) is 0 Å². The molecular weight excluding hydrogens is 444 g/mol. The molecule has 7 nitrogen and oxygen atoms in total. The normalized spacial score (nSPS) is 19.1. The van der Waals surface area contributed by atoms with Gasteiger partial charge in [0, 0.05) is 55.9 Å². The van der Waals surface area contributed by atoms with Gasteiger partial charge in [0.05, 0.1) is 6.10 Å². The molecule has 2 aliphatic rings. The monoisotopic (exact) mass is 476 g/mol. The summed E-state index contributed by atoms with van der Waals surface area (Å²) in [6.07, 6.45) is 3.64. The molecule has 0 aliphatic carbocycles. The molecule has 0 radical (unpaired) electrons. The summed E-state index contributed by atoms with van der Waals surface area (Å²) in [5.41, 5.74) is 2.69. The third-order valence-electron chi connectivity index (χ3n) is 6.89. The van der Waals surface area contributed by atoms with Crippen LogP contribution in [0.5, 0.6) is 5.75 Å². The van der Waals surface area contributed by atoms with Gasteiger partial charge in [-0.15, -0.1) is 0 Å². The number of carbonyl (C=O) groups excluding carboxylic acids is 1. The van der Waals surface area contributed by atoms with Crippen LogP contribution in [-0.4, -0.2) is 61.1 Å². The Morgan fingerprint density at radius 2 is 1.89 bits per heavy atom. The second kappa shape index (κ2) is 10.6. The lowest BCUT2D eigenvalue weighted by molar-refractivity contribution is 0.0704. The first kappa shape index (κ1) is 23.6. The van der Waals surface area contributed by atoms with Crippen LogP contribution in [0.2, 0.25) is 0 Å². The molecule has 2 saturated heterocycles. The highest BCUT2D eigenvalue weighted by Crippen LogP contribution is 2.23. The van der Waals surface area contributed by atoms with Crippen molar-refractivity contribution >= 4 is 16.9 Å². The fraction of sp³-hybridized carbons (Fsp3) is 0.429. The molecule has 1 unspecified atom stereocenters. The van der Waals surface area contributed by atoms with Crippen molar-refractivity contribution in [3.8, 4) is 5.75 Å². The first-order valence-corrected chi connectivity index (χ1v) is 12.4. The molecule has 0 bridgehead atoms. The first-order valence-electron chi connectivity index (χ1n) is 12.4. The highest BCUT2D eigenvalue weighted by Gasteiger charge is 2.23. The van der Waals surface area contributed by atoms with Crippen LogP contribution in [-0.2, 0) is 11.3 Å². The Morgan fingerprint density at radius 3 is 2.69 bits per heavy atom. The Bertz CT molecular complexity index is 1230. The molecule has 3 aromatic rings. The summed E-state index contributed by atoms with van der Waals surface area (Å²) in [5, 5.41) is 0.892. The van der Waals surface area contributed by atoms with Crippen LogP contribution >= 0.6 is 0 Å². The molecule has 0 spiro atoms. The molecule has 2 fully saturated rings. The van der Waals surface area contributed by atoms with Gasteiger partial charge >= 0.3 is 5.63 Å². The average molecular weight is 477 g/mol. The molecule has 1 amide bonds. The fourth-order valence-electron chi connectivity index (χ4n) is 4.92. The maximum Gasteiger partial charge on any atom is 0.336 e. The van der Waals surface area contributed by atoms with E-state index in [4.69, 9.17) is 13.9 Å². The van der Waals surface area contributed by atoms with Gasteiger partial charge in [-0.25, -0.2) is 4.79 Å². The van der Waals surface area contributed by atoms with Crippen LogP contribution in [0.15, 0.2) is 57.7 Å². The maximum absolute atomic E-state index is 13.1. The number of aryl methyl sites for hydroxylation is 1. The van der Waals surface area contributed by atoms with Crippen molar-refractivity contribution in [1.29, 1.82) is 0 Å². The van der Waals surface area contributed by atoms with Crippen LogP contribution in [0.1, 0.15) is 40.7 Å². The van der Waals surface area contributed by atoms with E-state index in [-0.39, 0.29) is 11.5 Å². The fourth-order valence-corrected chi connectivity index (χ4v) is 4.92. The molecule has 0 N–H and O–H groups in total. The van der Waals surface area contributed by atoms with Gasteiger partial charge in [0.1, 0.15) is 17.9 Å². The lowest BCUT2D eigenvalue weighted by Crippen LogP contribution is -2.37. The lowest BCUT2D eigenvalue weighted by atomic mass is 10.1. The summed E-state index contributed by atoms with van der Waals surface area (Å²) in [6, 6.07) is 14.6. The molecule has 7 heteroatoms. The minimum absolute atomic E-state index is 0.0800. The highest BCUT2D eigenvalue weighted by atomic mass is 16.5. The standard InChI is InChI=1S/C28H32N2O5/c1-20-16-27(31)35-26-17-23(9-10-25(20)26)34-19-21-5-7-22(8-6-21)28(32)30-12-3-11-29(13-14-30)18-24-4-2-15-33-24/h5-10,16-17,24H,2-4,11-15,18-19H2,1H3. The Morgan fingerprint density at radius 1 is 1.03 bits per heavy atom. The van der Waals surface area contributed by atoms with E-state index in [1.54, 1.807) is 6.07 Å². The number of ether oxygens (including phenoxy) is 2. The van der Waals surface area contributed by atoms with Gasteiger partial charge in [0.2, 0.25) is 0 Å². The van der Waals surface area contributed by atoms with Crippen LogP contribution in [0, 0.1) is 6.92 Å². The SMILES string of the molecule is Cc1cc(=O)oc2cc(OCc3ccc(C(=O)N4CCCN(CC5CCCO5)CC4)cc3)ccc12. The highest BCUT2D eigenvalue weighted by molar-refractivity contribution is 5.94. The second-order valence-corrected chi connectivity index (χ2v) is 9.47. The van der Waals surface area contributed by atoms with Crippen molar-refractivity contribution in [2.75, 3.05) is 39.3 Å². The zero-order valence-electron chi connectivity index (χ0n) is 20.2. The summed E-state index contributed by atoms with van der Waals surface area (Å²) in [5.74, 6) is 0.708. The number of hydrogen-bond donors (Lipinski definition) is 0. The van der Waals surface area contributed by atoms with Crippen molar-refractivity contribution in [2.24, 2.45) is 0 Å². The van der Waals surface area contributed by atoms with E-state index < -0.39 is 0 Å². The minimum Gasteiger partial charge on any atom is -0.489 e. The van der Waals surface area contributed by atoms with Gasteiger partial charge in [-0.1, -0.05) is 12.1 Å². The van der Waals surface area contributed by atoms with E-state index in [2.05, 4.69) is 4.90 Å². The zero-order valence-corrected chi connectivity index (χ0v) is 20.2. The van der Waals surface area contributed by atoms with Gasteiger partial charge in [-0.05, 0) is 68.1 Å². The molecule has 184 valence electrons. The van der Waals surface area contributed by atoms with E-state index in [1.165, 1.54) is 6.07 Å². The number of fused-ring (bicyclic) bond motifs is 1. The molecule has 3 heterocycles. The van der Waals surface area contributed by atoms with Crippen molar-refractivity contribution in [2.45, 2.75) is 38.9 Å². The molecule has 0 saturated carbocycles. The smallest absolute Gasteiger partial charge is 0.336 e. The van der Waals surface area contributed by atoms with Crippen molar-refractivity contribution < 1.29 is 18.7 Å². The molecular formula is C28H32N2O5. The Balaban J connectivity index is 1.16. The van der Waals surface area contributed by atoms with E-state index >= 15 is 0 Å². The minimum atomic E-state index is -0.368. The molecule has 35 heavy (non-hydrogen) atoms. The number of rotatable bonds is 6. The Hall–Kier alpha value is -3.16. The molecule has 1 atom stereocenters. The topological polar surface area (TPSA) is 72.2 Å². The number of amides is 1. The third kappa shape index (κ3) is 5.74. The average Bonchev–Trinajstić information content (AvgIpc) is 3.26. The van der Waals surface area contributed by atoms with E-state index in [9.17, 15) is 9.59 Å². The summed E-state index contributed by atoms with van der Waals surface area (Å²) in [4.78, 5) is 29.1. The number of nitrogens with zero attached hydrogens (tertiary/aromatic N) is 2. The first-order chi connectivity index (χ1) is 17.0. The van der Waals surface area contributed by atoms with E-state index in [0.29, 0.717) is 29.6 Å². The molecule has 2 aliphatic heterocycles. The van der Waals surface area contributed by atoms with Gasteiger partial charge in [0.25, 0.3) is 5.91 Å². The van der Waals surface area contributed by atoms with Crippen molar-refractivity contribution in [1.82, 2.24) is 9.80 Å². The van der Waals surface area contributed by atoms with E-state index in [1.807, 2.05) is 48.2 Å². The molecule has 2 aromatic carbocycles. The summed E-state index contributed by atoms with van der Waals surface area (Å²) in [6.45, 7) is 7.52. The predicted octanol–water partition coefficient (Wildman–Crippen LogP) is 4.01. The summed E-state index contributed by atoms with van der Waals surface area (Å²) >= 11 is 0. The summed E-state index contributed by atoms with van der Waals surface area (Å²) in [7, 11) is 0. The van der Waals surface area contributed by atoms with Crippen LogP contribution in [0.3, 0.4) is 0 Å². The van der Waals surface area contributed by atoms with Crippen molar-refractivity contribution in [3.63, 3.8) is 0 Å². The van der Waals surface area contributed by atoms with Crippen LogP contribution < -0.4 is 10.4 Å². The number of carbonyl (C=O) groups is 1. The lowest BCUT2D eigenvalue weighted by Gasteiger charge is -2.24. The molecule has 5 rings (SSSR count). The third-order valence-corrected chi connectivity index (χ3v) is 6.89. The largest absolute Gasteiger partial charge is 0.489 e. The number of benzene rings is 2.